The van der Waals surface area contributed by atoms with Gasteiger partial charge in [0.25, 0.3) is 0 Å². The van der Waals surface area contributed by atoms with E-state index in [0.717, 1.165) is 5.75 Å². The van der Waals surface area contributed by atoms with E-state index in [1.165, 1.54) is 0 Å². The van der Waals surface area contributed by atoms with Crippen molar-refractivity contribution >= 4 is 35.0 Å². The number of hydrogen-bond donors (Lipinski definition) is 1. The summed E-state index contributed by atoms with van der Waals surface area (Å²) in [5, 5.41) is 18.7. The van der Waals surface area contributed by atoms with Crippen LogP contribution < -0.4 is 4.90 Å². The van der Waals surface area contributed by atoms with Gasteiger partial charge >= 0.3 is 5.97 Å². The van der Waals surface area contributed by atoms with Crippen LogP contribution >= 0.6 is 23.4 Å². The zero-order valence-corrected chi connectivity index (χ0v) is 11.0. The van der Waals surface area contributed by atoms with Crippen molar-refractivity contribution in [1.29, 1.82) is 5.26 Å². The van der Waals surface area contributed by atoms with Crippen LogP contribution in [0.2, 0.25) is 5.02 Å². The molecule has 1 fully saturated rings. The fraction of sp³-hybridized carbons (Fsp3) is 0.333. The Bertz CT molecular complexity index is 515. The standard InChI is InChI=1S/C12H11ClN2O2S/c13-9-2-1-3-10(8(9)6-14)15-4-5-18-7-11(15)12(16)17/h1-3,11H,4-5,7H2,(H,16,17). The summed E-state index contributed by atoms with van der Waals surface area (Å²) in [6.07, 6.45) is 0. The van der Waals surface area contributed by atoms with Gasteiger partial charge in [-0.2, -0.15) is 17.0 Å². The summed E-state index contributed by atoms with van der Waals surface area (Å²) in [6.45, 7) is 0.608. The Balaban J connectivity index is 2.43. The highest BCUT2D eigenvalue weighted by Gasteiger charge is 2.30. The number of hydrogen-bond acceptors (Lipinski definition) is 4. The number of benzene rings is 1. The molecular weight excluding hydrogens is 272 g/mol. The second kappa shape index (κ2) is 5.51. The number of nitriles is 1. The second-order valence-electron chi connectivity index (χ2n) is 3.87. The Labute approximate surface area is 114 Å². The van der Waals surface area contributed by atoms with Crippen molar-refractivity contribution in [3.05, 3.63) is 28.8 Å². The number of thioether (sulfide) groups is 1. The minimum Gasteiger partial charge on any atom is -0.480 e. The molecular formula is C12H11ClN2O2S. The van der Waals surface area contributed by atoms with E-state index >= 15 is 0 Å². The van der Waals surface area contributed by atoms with E-state index in [-0.39, 0.29) is 0 Å². The topological polar surface area (TPSA) is 64.3 Å². The van der Waals surface area contributed by atoms with Gasteiger partial charge in [0.1, 0.15) is 12.1 Å². The van der Waals surface area contributed by atoms with Crippen LogP contribution in [0.3, 0.4) is 0 Å². The summed E-state index contributed by atoms with van der Waals surface area (Å²) in [5.41, 5.74) is 0.954. The number of halogens is 1. The number of carboxylic acids is 1. The average Bonchev–Trinajstić information content (AvgIpc) is 2.38. The molecule has 0 radical (unpaired) electrons. The predicted molar refractivity (Wildman–Crippen MR) is 72.3 cm³/mol. The summed E-state index contributed by atoms with van der Waals surface area (Å²) >= 11 is 7.58. The largest absolute Gasteiger partial charge is 0.480 e. The minimum atomic E-state index is -0.869. The van der Waals surface area contributed by atoms with E-state index in [1.807, 2.05) is 6.07 Å². The van der Waals surface area contributed by atoms with E-state index in [2.05, 4.69) is 0 Å². The maximum Gasteiger partial charge on any atom is 0.327 e. The maximum atomic E-state index is 11.3. The zero-order valence-electron chi connectivity index (χ0n) is 9.47. The molecule has 0 saturated carbocycles. The number of carbonyl (C=O) groups is 1. The highest BCUT2D eigenvalue weighted by molar-refractivity contribution is 7.99. The predicted octanol–water partition coefficient (Wildman–Crippen LogP) is 2.22. The Hall–Kier alpha value is -1.38. The number of rotatable bonds is 2. The molecule has 1 atom stereocenters. The van der Waals surface area contributed by atoms with Gasteiger partial charge in [0.15, 0.2) is 0 Å². The van der Waals surface area contributed by atoms with Crippen LogP contribution in [-0.4, -0.2) is 35.2 Å². The van der Waals surface area contributed by atoms with Crippen molar-refractivity contribution in [2.75, 3.05) is 23.0 Å². The molecule has 1 heterocycles. The van der Waals surface area contributed by atoms with Crippen LogP contribution in [0.4, 0.5) is 5.69 Å². The normalized spacial score (nSPS) is 19.3. The maximum absolute atomic E-state index is 11.3. The summed E-state index contributed by atoms with van der Waals surface area (Å²) in [7, 11) is 0. The molecule has 0 spiro atoms. The van der Waals surface area contributed by atoms with Crippen LogP contribution in [0.25, 0.3) is 0 Å². The third-order valence-electron chi connectivity index (χ3n) is 2.83. The molecule has 1 aromatic rings. The third kappa shape index (κ3) is 2.40. The molecule has 6 heteroatoms. The van der Waals surface area contributed by atoms with Gasteiger partial charge in [-0.15, -0.1) is 0 Å². The molecule has 4 nitrogen and oxygen atoms in total. The number of aliphatic carboxylic acids is 1. The van der Waals surface area contributed by atoms with Crippen LogP contribution in [0.5, 0.6) is 0 Å². The Morgan fingerprint density at radius 2 is 2.39 bits per heavy atom. The molecule has 0 bridgehead atoms. The van der Waals surface area contributed by atoms with Gasteiger partial charge in [-0.25, -0.2) is 4.79 Å². The first-order valence-electron chi connectivity index (χ1n) is 5.41. The molecule has 94 valence electrons. The highest BCUT2D eigenvalue weighted by atomic mass is 35.5. The first-order chi connectivity index (χ1) is 8.65. The van der Waals surface area contributed by atoms with Gasteiger partial charge in [0.2, 0.25) is 0 Å². The molecule has 2 rings (SSSR count). The van der Waals surface area contributed by atoms with Gasteiger partial charge in [-0.1, -0.05) is 17.7 Å². The molecule has 1 N–H and O–H groups in total. The fourth-order valence-corrected chi connectivity index (χ4v) is 3.21. The first kappa shape index (κ1) is 13.1. The fourth-order valence-electron chi connectivity index (χ4n) is 1.96. The zero-order chi connectivity index (χ0) is 13.1. The van der Waals surface area contributed by atoms with E-state index in [0.29, 0.717) is 28.6 Å². The lowest BCUT2D eigenvalue weighted by molar-refractivity contribution is -0.138. The summed E-state index contributed by atoms with van der Waals surface area (Å²) < 4.78 is 0. The van der Waals surface area contributed by atoms with E-state index in [4.69, 9.17) is 16.9 Å². The smallest absolute Gasteiger partial charge is 0.327 e. The van der Waals surface area contributed by atoms with Gasteiger partial charge in [-0.3, -0.25) is 0 Å². The lowest BCUT2D eigenvalue weighted by atomic mass is 10.1. The second-order valence-corrected chi connectivity index (χ2v) is 5.43. The molecule has 1 saturated heterocycles. The van der Waals surface area contributed by atoms with E-state index < -0.39 is 12.0 Å². The minimum absolute atomic E-state index is 0.345. The lowest BCUT2D eigenvalue weighted by Crippen LogP contribution is -2.47. The molecule has 1 unspecified atom stereocenters. The van der Waals surface area contributed by atoms with Crippen molar-refractivity contribution < 1.29 is 9.90 Å². The van der Waals surface area contributed by atoms with Gasteiger partial charge in [0.05, 0.1) is 16.3 Å². The average molecular weight is 283 g/mol. The molecule has 1 aliphatic heterocycles. The van der Waals surface area contributed by atoms with Crippen LogP contribution in [0.15, 0.2) is 18.2 Å². The summed E-state index contributed by atoms with van der Waals surface area (Å²) in [6, 6.07) is 6.56. The van der Waals surface area contributed by atoms with Gasteiger partial charge < -0.3 is 10.0 Å². The van der Waals surface area contributed by atoms with Gasteiger partial charge in [0, 0.05) is 18.1 Å². The summed E-state index contributed by atoms with van der Waals surface area (Å²) in [5.74, 6) is 0.500. The van der Waals surface area contributed by atoms with Crippen molar-refractivity contribution in [3.63, 3.8) is 0 Å². The van der Waals surface area contributed by atoms with Crippen LogP contribution in [-0.2, 0) is 4.79 Å². The Morgan fingerprint density at radius 1 is 1.61 bits per heavy atom. The monoisotopic (exact) mass is 282 g/mol. The molecule has 0 aromatic heterocycles. The lowest BCUT2D eigenvalue weighted by Gasteiger charge is -2.35. The molecule has 18 heavy (non-hydrogen) atoms. The van der Waals surface area contributed by atoms with Crippen molar-refractivity contribution in [3.8, 4) is 6.07 Å². The Kier molecular flexibility index (Phi) is 4.00. The number of carboxylic acid groups (broad SMARTS) is 1. The third-order valence-corrected chi connectivity index (χ3v) is 4.16. The van der Waals surface area contributed by atoms with Crippen molar-refractivity contribution in [2.45, 2.75) is 6.04 Å². The summed E-state index contributed by atoms with van der Waals surface area (Å²) in [4.78, 5) is 13.0. The van der Waals surface area contributed by atoms with Crippen molar-refractivity contribution in [2.24, 2.45) is 0 Å². The number of nitrogens with zero attached hydrogens (tertiary/aromatic N) is 2. The Morgan fingerprint density at radius 3 is 3.06 bits per heavy atom. The van der Waals surface area contributed by atoms with Crippen molar-refractivity contribution in [1.82, 2.24) is 0 Å². The number of anilines is 1. The first-order valence-corrected chi connectivity index (χ1v) is 6.94. The highest BCUT2D eigenvalue weighted by Crippen LogP contribution is 2.31. The molecule has 1 aromatic carbocycles. The van der Waals surface area contributed by atoms with Gasteiger partial charge in [-0.05, 0) is 12.1 Å². The van der Waals surface area contributed by atoms with Crippen LogP contribution in [0, 0.1) is 11.3 Å². The molecule has 0 aliphatic carbocycles. The van der Waals surface area contributed by atoms with E-state index in [1.54, 1.807) is 34.9 Å². The quantitative estimate of drug-likeness (QED) is 0.901. The molecule has 1 aliphatic rings. The van der Waals surface area contributed by atoms with Crippen LogP contribution in [0.1, 0.15) is 5.56 Å². The SMILES string of the molecule is N#Cc1c(Cl)cccc1N1CCSCC1C(=O)O. The van der Waals surface area contributed by atoms with E-state index in [9.17, 15) is 9.90 Å². The molecule has 0 amide bonds.